The van der Waals surface area contributed by atoms with Gasteiger partial charge in [0.2, 0.25) is 5.82 Å². The molecule has 3 N–H and O–H groups in total. The maximum atomic E-state index is 13.4. The Morgan fingerprint density at radius 3 is 2.90 bits per heavy atom. The Morgan fingerprint density at radius 1 is 1.28 bits per heavy atom. The number of carbonyl (C=O) groups excluding carboxylic acids is 1. The summed E-state index contributed by atoms with van der Waals surface area (Å²) in [6, 6.07) is 9.49. The average molecular weight is 393 g/mol. The van der Waals surface area contributed by atoms with E-state index in [1.54, 1.807) is 34.9 Å². The second-order valence-corrected chi connectivity index (χ2v) is 6.10. The Balaban J connectivity index is 1.70. The third-order valence-corrected chi connectivity index (χ3v) is 4.23. The van der Waals surface area contributed by atoms with Crippen LogP contribution in [0.3, 0.4) is 0 Å². The minimum absolute atomic E-state index is 0.184. The summed E-state index contributed by atoms with van der Waals surface area (Å²) in [4.78, 5) is 20.4. The van der Waals surface area contributed by atoms with Gasteiger partial charge >= 0.3 is 0 Å². The summed E-state index contributed by atoms with van der Waals surface area (Å²) in [7, 11) is 1.45. The lowest BCUT2D eigenvalue weighted by atomic mass is 10.2. The van der Waals surface area contributed by atoms with Crippen LogP contribution in [0.15, 0.2) is 48.8 Å². The maximum Gasteiger partial charge on any atom is 0.276 e. The molecule has 29 heavy (non-hydrogen) atoms. The number of carbonyl (C=O) groups is 1. The fourth-order valence-electron chi connectivity index (χ4n) is 2.89. The van der Waals surface area contributed by atoms with Crippen LogP contribution in [0.1, 0.15) is 15.9 Å². The van der Waals surface area contributed by atoms with Crippen LogP contribution in [0, 0.1) is 5.82 Å². The molecule has 0 radical (unpaired) electrons. The van der Waals surface area contributed by atoms with E-state index in [-0.39, 0.29) is 17.5 Å². The number of pyridine rings is 1. The van der Waals surface area contributed by atoms with Crippen molar-refractivity contribution in [2.75, 3.05) is 12.4 Å². The van der Waals surface area contributed by atoms with E-state index in [0.29, 0.717) is 29.3 Å². The van der Waals surface area contributed by atoms with Gasteiger partial charge < -0.3 is 15.8 Å². The molecule has 3 aromatic heterocycles. The molecule has 4 rings (SSSR count). The van der Waals surface area contributed by atoms with E-state index in [9.17, 15) is 9.18 Å². The van der Waals surface area contributed by atoms with Gasteiger partial charge in [-0.2, -0.15) is 0 Å². The van der Waals surface area contributed by atoms with Crippen LogP contribution in [0.4, 0.5) is 10.2 Å². The zero-order chi connectivity index (χ0) is 20.4. The number of hydrogen-bond donors (Lipinski definition) is 2. The number of nitrogens with one attached hydrogen (secondary N) is 1. The van der Waals surface area contributed by atoms with Crippen LogP contribution < -0.4 is 15.8 Å². The molecule has 0 bridgehead atoms. The molecule has 0 aliphatic rings. The number of hydrogen-bond acceptors (Lipinski definition) is 7. The van der Waals surface area contributed by atoms with E-state index < -0.39 is 5.91 Å². The molecule has 1 aromatic carbocycles. The minimum Gasteiger partial charge on any atom is -0.477 e. The lowest BCUT2D eigenvalue weighted by molar-refractivity contribution is 0.100. The standard InChI is InChI=1S/C19H16FN7O2/c1-29-19-17(22-9-11-4-2-5-12(20)8-11)24-16(25-26-19)18-23-10-14-13(15(21)28)6-3-7-27(14)18/h2-8,10H,9H2,1H3,(H2,21,28)(H,22,24,25). The first kappa shape index (κ1) is 18.3. The Morgan fingerprint density at radius 2 is 2.14 bits per heavy atom. The molecule has 0 saturated carbocycles. The molecule has 146 valence electrons. The molecule has 1 amide bonds. The highest BCUT2D eigenvalue weighted by molar-refractivity contribution is 5.99. The highest BCUT2D eigenvalue weighted by atomic mass is 19.1. The van der Waals surface area contributed by atoms with Gasteiger partial charge in [0.1, 0.15) is 5.82 Å². The van der Waals surface area contributed by atoms with Crippen LogP contribution >= 0.6 is 0 Å². The van der Waals surface area contributed by atoms with Crippen LogP contribution in [0.5, 0.6) is 5.88 Å². The Kier molecular flexibility index (Phi) is 4.73. The fraction of sp³-hybridized carbons (Fsp3) is 0.105. The van der Waals surface area contributed by atoms with Crippen molar-refractivity contribution in [3.63, 3.8) is 0 Å². The van der Waals surface area contributed by atoms with Gasteiger partial charge in [0, 0.05) is 12.7 Å². The number of imidazole rings is 1. The number of benzene rings is 1. The van der Waals surface area contributed by atoms with E-state index >= 15 is 0 Å². The topological polar surface area (TPSA) is 120 Å². The van der Waals surface area contributed by atoms with Gasteiger partial charge in [-0.25, -0.2) is 14.4 Å². The molecule has 9 nitrogen and oxygen atoms in total. The molecule has 3 heterocycles. The van der Waals surface area contributed by atoms with Crippen molar-refractivity contribution in [3.05, 3.63) is 65.7 Å². The van der Waals surface area contributed by atoms with E-state index in [4.69, 9.17) is 10.5 Å². The van der Waals surface area contributed by atoms with Gasteiger partial charge in [0.05, 0.1) is 24.4 Å². The lowest BCUT2D eigenvalue weighted by Crippen LogP contribution is -2.12. The summed E-state index contributed by atoms with van der Waals surface area (Å²) in [6.45, 7) is 0.306. The summed E-state index contributed by atoms with van der Waals surface area (Å²) in [5.74, 6) is 0.217. The number of halogens is 1. The van der Waals surface area contributed by atoms with Crippen molar-refractivity contribution < 1.29 is 13.9 Å². The summed E-state index contributed by atoms with van der Waals surface area (Å²) >= 11 is 0. The Labute approximate surface area is 164 Å². The van der Waals surface area contributed by atoms with E-state index in [1.165, 1.54) is 25.4 Å². The van der Waals surface area contributed by atoms with Crippen molar-refractivity contribution in [2.45, 2.75) is 6.54 Å². The molecule has 0 aliphatic heterocycles. The maximum absolute atomic E-state index is 13.4. The third kappa shape index (κ3) is 3.55. The first-order valence-electron chi connectivity index (χ1n) is 8.60. The number of primary amides is 1. The SMILES string of the molecule is COc1nnc(-c2ncc3c(C(N)=O)cccn23)nc1NCc1cccc(F)c1. The lowest BCUT2D eigenvalue weighted by Gasteiger charge is -2.10. The predicted octanol–water partition coefficient (Wildman–Crippen LogP) is 2.04. The average Bonchev–Trinajstić information content (AvgIpc) is 3.16. The second kappa shape index (κ2) is 7.50. The van der Waals surface area contributed by atoms with E-state index in [2.05, 4.69) is 25.5 Å². The Hall–Kier alpha value is -4.08. The van der Waals surface area contributed by atoms with Crippen LogP contribution in [-0.4, -0.2) is 37.6 Å². The zero-order valence-corrected chi connectivity index (χ0v) is 15.3. The number of nitrogens with zero attached hydrogens (tertiary/aromatic N) is 5. The smallest absolute Gasteiger partial charge is 0.276 e. The van der Waals surface area contributed by atoms with Crippen LogP contribution in [0.25, 0.3) is 17.2 Å². The quantitative estimate of drug-likeness (QED) is 0.514. The number of ether oxygens (including phenoxy) is 1. The summed E-state index contributed by atoms with van der Waals surface area (Å²) in [6.07, 6.45) is 3.24. The fourth-order valence-corrected chi connectivity index (χ4v) is 2.89. The number of amides is 1. The van der Waals surface area contributed by atoms with Crippen molar-refractivity contribution in [3.8, 4) is 17.5 Å². The van der Waals surface area contributed by atoms with Gasteiger partial charge in [-0.15, -0.1) is 10.2 Å². The highest BCUT2D eigenvalue weighted by Crippen LogP contribution is 2.24. The summed E-state index contributed by atoms with van der Waals surface area (Å²) < 4.78 is 20.3. The molecule has 0 unspecified atom stereocenters. The van der Waals surface area contributed by atoms with Gasteiger partial charge in [0.15, 0.2) is 11.6 Å². The van der Waals surface area contributed by atoms with Crippen LogP contribution in [-0.2, 0) is 6.54 Å². The van der Waals surface area contributed by atoms with Gasteiger partial charge in [0.25, 0.3) is 11.8 Å². The normalized spacial score (nSPS) is 10.8. The first-order chi connectivity index (χ1) is 14.1. The minimum atomic E-state index is -0.562. The largest absolute Gasteiger partial charge is 0.477 e. The van der Waals surface area contributed by atoms with Crippen molar-refractivity contribution >= 4 is 17.2 Å². The molecule has 0 fully saturated rings. The summed E-state index contributed by atoms with van der Waals surface area (Å²) in [5.41, 5.74) is 7.01. The number of fused-ring (bicyclic) bond motifs is 1. The van der Waals surface area contributed by atoms with Gasteiger partial charge in [-0.3, -0.25) is 9.20 Å². The van der Waals surface area contributed by atoms with E-state index in [0.717, 1.165) is 5.56 Å². The van der Waals surface area contributed by atoms with E-state index in [1.807, 2.05) is 0 Å². The molecular weight excluding hydrogens is 377 g/mol. The van der Waals surface area contributed by atoms with Crippen molar-refractivity contribution in [1.82, 2.24) is 24.6 Å². The number of methoxy groups -OCH3 is 1. The van der Waals surface area contributed by atoms with Crippen LogP contribution in [0.2, 0.25) is 0 Å². The van der Waals surface area contributed by atoms with Gasteiger partial charge in [-0.1, -0.05) is 12.1 Å². The van der Waals surface area contributed by atoms with Crippen molar-refractivity contribution in [2.24, 2.45) is 5.73 Å². The number of rotatable bonds is 6. The number of aromatic nitrogens is 5. The predicted molar refractivity (Wildman–Crippen MR) is 103 cm³/mol. The first-order valence-corrected chi connectivity index (χ1v) is 8.60. The highest BCUT2D eigenvalue weighted by Gasteiger charge is 2.17. The zero-order valence-electron chi connectivity index (χ0n) is 15.3. The van der Waals surface area contributed by atoms with Crippen molar-refractivity contribution in [1.29, 1.82) is 0 Å². The number of nitrogens with two attached hydrogens (primary N) is 1. The molecular formula is C19H16FN7O2. The monoisotopic (exact) mass is 393 g/mol. The molecule has 10 heteroatoms. The second-order valence-electron chi connectivity index (χ2n) is 6.10. The summed E-state index contributed by atoms with van der Waals surface area (Å²) in [5, 5.41) is 11.2. The Bertz CT molecular complexity index is 1210. The van der Waals surface area contributed by atoms with Gasteiger partial charge in [-0.05, 0) is 29.8 Å². The number of anilines is 1. The third-order valence-electron chi connectivity index (χ3n) is 4.23. The molecule has 0 spiro atoms. The molecule has 0 aliphatic carbocycles. The molecule has 0 saturated heterocycles. The molecule has 4 aromatic rings. The molecule has 0 atom stereocenters.